The zero-order valence-electron chi connectivity index (χ0n) is 23.8. The molecule has 2 N–H and O–H groups in total. The summed E-state index contributed by atoms with van der Waals surface area (Å²) in [4.78, 5) is 40.7. The Morgan fingerprint density at radius 3 is 2.29 bits per heavy atom. The molecule has 14 heteroatoms. The summed E-state index contributed by atoms with van der Waals surface area (Å²) in [5.74, 6) is 0.581. The first-order chi connectivity index (χ1) is 22.0. The van der Waals surface area contributed by atoms with Gasteiger partial charge in [-0.2, -0.15) is 10.2 Å². The van der Waals surface area contributed by atoms with Crippen molar-refractivity contribution in [1.82, 2.24) is 39.5 Å². The molecule has 0 radical (unpaired) electrons. The van der Waals surface area contributed by atoms with Crippen molar-refractivity contribution >= 4 is 17.4 Å². The number of pyridine rings is 4. The van der Waals surface area contributed by atoms with E-state index in [1.807, 2.05) is 18.2 Å². The number of nitrogens with two attached hydrogens (primary N) is 1. The van der Waals surface area contributed by atoms with Crippen LogP contribution in [0.2, 0.25) is 0 Å². The van der Waals surface area contributed by atoms with Crippen LogP contribution in [0.15, 0.2) is 98.1 Å². The minimum Gasteiger partial charge on any atom is -0.461 e. The summed E-state index contributed by atoms with van der Waals surface area (Å²) < 4.78 is 19.5. The average molecular weight is 604 g/mol. The Morgan fingerprint density at radius 1 is 0.911 bits per heavy atom. The monoisotopic (exact) mass is 603 g/mol. The Balaban J connectivity index is 0.000000160. The van der Waals surface area contributed by atoms with Crippen LogP contribution in [0.25, 0.3) is 11.4 Å². The number of carbonyl (C=O) groups excluding carboxylic acids is 2. The summed E-state index contributed by atoms with van der Waals surface area (Å²) in [6.45, 7) is 1.94. The number of anilines is 1. The number of nitrogen functional groups attached to an aromatic ring is 1. The number of hydrogen-bond donors (Lipinski definition) is 1. The van der Waals surface area contributed by atoms with E-state index in [0.29, 0.717) is 28.7 Å². The molecule has 7 heterocycles. The Kier molecular flexibility index (Phi) is 8.17. The lowest BCUT2D eigenvalue weighted by molar-refractivity contribution is 0.0516. The minimum absolute atomic E-state index is 0.0331. The van der Waals surface area contributed by atoms with Gasteiger partial charge in [0.25, 0.3) is 0 Å². The number of aromatic nitrogens is 8. The van der Waals surface area contributed by atoms with Gasteiger partial charge in [0.15, 0.2) is 23.0 Å². The molecule has 0 unspecified atom stereocenters. The van der Waals surface area contributed by atoms with Crippen LogP contribution < -0.4 is 15.2 Å². The summed E-state index contributed by atoms with van der Waals surface area (Å²) in [6.07, 6.45) is 13.3. The number of ketones is 1. The number of Topliss-reactive ketones (excluding diaryl/α,β-unsaturated/α-hetero) is 1. The molecule has 0 spiro atoms. The third-order valence-electron chi connectivity index (χ3n) is 6.33. The molecule has 224 valence electrons. The Bertz CT molecular complexity index is 1960. The van der Waals surface area contributed by atoms with Gasteiger partial charge in [0.2, 0.25) is 17.5 Å². The van der Waals surface area contributed by atoms with Crippen molar-refractivity contribution < 1.29 is 23.8 Å². The Hall–Kier alpha value is -6.44. The zero-order chi connectivity index (χ0) is 31.2. The van der Waals surface area contributed by atoms with Crippen molar-refractivity contribution in [2.75, 3.05) is 12.3 Å². The lowest BCUT2D eigenvalue weighted by Crippen LogP contribution is -2.08. The molecule has 1 aliphatic heterocycles. The van der Waals surface area contributed by atoms with Crippen molar-refractivity contribution in [3.05, 3.63) is 115 Å². The SMILES string of the molecule is CCOC(=O)c1nn(-c2cccnc2)cc1Oc1ncccc1N.O=C1Cc2cccnc2Oc2cn(-c3cccnc3)nc21. The second-order valence-corrected chi connectivity index (χ2v) is 9.39. The highest BCUT2D eigenvalue weighted by molar-refractivity contribution is 5.99. The summed E-state index contributed by atoms with van der Waals surface area (Å²) in [6, 6.07) is 14.2. The highest BCUT2D eigenvalue weighted by Gasteiger charge is 2.26. The maximum atomic E-state index is 12.3. The van der Waals surface area contributed by atoms with E-state index in [1.165, 1.54) is 4.68 Å². The van der Waals surface area contributed by atoms with Gasteiger partial charge in [-0.15, -0.1) is 0 Å². The van der Waals surface area contributed by atoms with E-state index in [-0.39, 0.29) is 36.1 Å². The maximum Gasteiger partial charge on any atom is 0.362 e. The average Bonchev–Trinajstić information content (AvgIpc) is 3.66. The van der Waals surface area contributed by atoms with Gasteiger partial charge in [-0.1, -0.05) is 6.07 Å². The van der Waals surface area contributed by atoms with Crippen LogP contribution in [0.1, 0.15) is 33.5 Å². The topological polar surface area (TPSA) is 175 Å². The maximum absolute atomic E-state index is 12.3. The fourth-order valence-corrected chi connectivity index (χ4v) is 4.25. The number of carbonyl (C=O) groups is 2. The van der Waals surface area contributed by atoms with Crippen molar-refractivity contribution in [3.63, 3.8) is 0 Å². The van der Waals surface area contributed by atoms with Crippen LogP contribution in [0.4, 0.5) is 5.69 Å². The molecule has 7 rings (SSSR count). The van der Waals surface area contributed by atoms with Crippen LogP contribution in [-0.2, 0) is 11.2 Å². The first-order valence-electron chi connectivity index (χ1n) is 13.7. The van der Waals surface area contributed by atoms with Gasteiger partial charge in [-0.05, 0) is 49.4 Å². The molecular weight excluding hydrogens is 578 g/mol. The number of ether oxygens (including phenoxy) is 3. The second kappa shape index (κ2) is 12.8. The van der Waals surface area contributed by atoms with E-state index in [1.54, 1.807) is 91.5 Å². The standard InChI is InChI=1S/C16H15N5O3.C15H10N4O2/c1-2-23-16(22)14-13(24-15-12(17)6-4-8-19-15)10-21(20-14)11-5-3-7-18-9-11;20-12-7-10-3-1-6-17-15(10)21-13-9-19(18-14(12)13)11-4-2-5-16-8-11/h3-10H,2,17H2,1H3;1-6,8-9H,7H2. The number of fused-ring (bicyclic) bond motifs is 2. The number of hydrogen-bond acceptors (Lipinski definition) is 12. The van der Waals surface area contributed by atoms with Gasteiger partial charge in [0.05, 0.1) is 48.5 Å². The van der Waals surface area contributed by atoms with Crippen molar-refractivity contribution in [1.29, 1.82) is 0 Å². The molecule has 6 aromatic heterocycles. The van der Waals surface area contributed by atoms with Crippen molar-refractivity contribution in [2.24, 2.45) is 0 Å². The summed E-state index contributed by atoms with van der Waals surface area (Å²) in [7, 11) is 0. The number of rotatable bonds is 6. The quantitative estimate of drug-likeness (QED) is 0.266. The predicted molar refractivity (Wildman–Crippen MR) is 160 cm³/mol. The highest BCUT2D eigenvalue weighted by atomic mass is 16.5. The van der Waals surface area contributed by atoms with Gasteiger partial charge in [0.1, 0.15) is 0 Å². The zero-order valence-corrected chi connectivity index (χ0v) is 23.8. The first-order valence-corrected chi connectivity index (χ1v) is 13.7. The molecule has 0 aliphatic carbocycles. The third kappa shape index (κ3) is 6.34. The van der Waals surface area contributed by atoms with Gasteiger partial charge < -0.3 is 19.9 Å². The predicted octanol–water partition coefficient (Wildman–Crippen LogP) is 4.41. The molecule has 1 aliphatic rings. The lowest BCUT2D eigenvalue weighted by atomic mass is 10.1. The van der Waals surface area contributed by atoms with E-state index >= 15 is 0 Å². The smallest absolute Gasteiger partial charge is 0.362 e. The van der Waals surface area contributed by atoms with Crippen molar-refractivity contribution in [3.8, 4) is 34.6 Å². The molecule has 0 bridgehead atoms. The van der Waals surface area contributed by atoms with Crippen molar-refractivity contribution in [2.45, 2.75) is 13.3 Å². The molecule has 0 amide bonds. The van der Waals surface area contributed by atoms with Crippen LogP contribution >= 0.6 is 0 Å². The Labute approximate surface area is 256 Å². The third-order valence-corrected chi connectivity index (χ3v) is 6.33. The summed E-state index contributed by atoms with van der Waals surface area (Å²) in [5, 5.41) is 8.55. The summed E-state index contributed by atoms with van der Waals surface area (Å²) >= 11 is 0. The van der Waals surface area contributed by atoms with Crippen LogP contribution in [0, 0.1) is 0 Å². The molecule has 6 aromatic rings. The lowest BCUT2D eigenvalue weighted by Gasteiger charge is -2.06. The molecule has 14 nitrogen and oxygen atoms in total. The molecule has 0 fully saturated rings. The van der Waals surface area contributed by atoms with E-state index in [2.05, 4.69) is 30.1 Å². The van der Waals surface area contributed by atoms with E-state index < -0.39 is 5.97 Å². The molecule has 0 atom stereocenters. The van der Waals surface area contributed by atoms with Gasteiger partial charge in [-0.3, -0.25) is 14.8 Å². The van der Waals surface area contributed by atoms with E-state index in [0.717, 1.165) is 11.3 Å². The van der Waals surface area contributed by atoms with Gasteiger partial charge in [-0.25, -0.2) is 24.1 Å². The second-order valence-electron chi connectivity index (χ2n) is 9.39. The largest absolute Gasteiger partial charge is 0.461 e. The fourth-order valence-electron chi connectivity index (χ4n) is 4.25. The number of esters is 1. The fraction of sp³-hybridized carbons (Fsp3) is 0.0968. The molecule has 0 saturated carbocycles. The van der Waals surface area contributed by atoms with E-state index in [4.69, 9.17) is 19.9 Å². The summed E-state index contributed by atoms with van der Waals surface area (Å²) in [5.41, 5.74) is 8.74. The minimum atomic E-state index is -0.593. The van der Waals surface area contributed by atoms with Crippen LogP contribution in [0.5, 0.6) is 23.3 Å². The molecule has 0 saturated heterocycles. The Morgan fingerprint density at radius 2 is 1.60 bits per heavy atom. The van der Waals surface area contributed by atoms with Crippen LogP contribution in [0.3, 0.4) is 0 Å². The van der Waals surface area contributed by atoms with Gasteiger partial charge >= 0.3 is 5.97 Å². The molecule has 0 aromatic carbocycles. The number of nitrogens with zero attached hydrogens (tertiary/aromatic N) is 8. The first kappa shape index (κ1) is 28.7. The van der Waals surface area contributed by atoms with Gasteiger partial charge in [0, 0.05) is 36.8 Å². The van der Waals surface area contributed by atoms with E-state index in [9.17, 15) is 9.59 Å². The molecular formula is C31H25N9O5. The normalized spacial score (nSPS) is 11.6. The van der Waals surface area contributed by atoms with Crippen LogP contribution in [-0.4, -0.2) is 57.9 Å². The highest BCUT2D eigenvalue weighted by Crippen LogP contribution is 2.32. The molecule has 45 heavy (non-hydrogen) atoms.